The number of ether oxygens (including phenoxy) is 1. The van der Waals surface area contributed by atoms with Crippen LogP contribution in [0.4, 0.5) is 0 Å². The zero-order chi connectivity index (χ0) is 16.4. The zero-order valence-corrected chi connectivity index (χ0v) is 13.2. The molecular formula is C16H14N2O4S. The third-order valence-corrected chi connectivity index (χ3v) is 5.02. The summed E-state index contributed by atoms with van der Waals surface area (Å²) in [5, 5.41) is 0. The molecule has 0 atom stereocenters. The van der Waals surface area contributed by atoms with Gasteiger partial charge in [0.05, 0.1) is 28.1 Å². The molecule has 1 aromatic heterocycles. The first-order valence-electron chi connectivity index (χ1n) is 6.99. The average Bonchev–Trinajstić information content (AvgIpc) is 3.00. The van der Waals surface area contributed by atoms with Gasteiger partial charge < -0.3 is 4.74 Å². The van der Waals surface area contributed by atoms with Gasteiger partial charge in [0.25, 0.3) is 10.0 Å². The first kappa shape index (κ1) is 15.2. The van der Waals surface area contributed by atoms with E-state index in [0.29, 0.717) is 16.6 Å². The van der Waals surface area contributed by atoms with E-state index in [-0.39, 0.29) is 11.5 Å². The van der Waals surface area contributed by atoms with Crippen molar-refractivity contribution in [3.63, 3.8) is 0 Å². The van der Waals surface area contributed by atoms with E-state index < -0.39 is 16.0 Å². The molecule has 6 nitrogen and oxygen atoms in total. The van der Waals surface area contributed by atoms with Crippen LogP contribution in [-0.4, -0.2) is 30.0 Å². The highest BCUT2D eigenvalue weighted by Crippen LogP contribution is 2.20. The van der Waals surface area contributed by atoms with Crippen molar-refractivity contribution in [1.82, 2.24) is 8.96 Å². The van der Waals surface area contributed by atoms with Gasteiger partial charge in [0.2, 0.25) is 0 Å². The molecule has 0 N–H and O–H groups in total. The van der Waals surface area contributed by atoms with Crippen LogP contribution in [0.1, 0.15) is 17.3 Å². The Morgan fingerprint density at radius 2 is 1.83 bits per heavy atom. The third-order valence-electron chi connectivity index (χ3n) is 3.34. The standard InChI is InChI=1S/C16H14N2O4S/c1-2-22-16(19)12-7-9-13(10-8-12)23(20,21)18-11-17-14-5-3-4-6-15(14)18/h3-11H,2H2,1H3. The van der Waals surface area contributed by atoms with Crippen molar-refractivity contribution >= 4 is 27.0 Å². The maximum absolute atomic E-state index is 12.7. The van der Waals surface area contributed by atoms with Gasteiger partial charge in [-0.3, -0.25) is 0 Å². The molecule has 7 heteroatoms. The summed E-state index contributed by atoms with van der Waals surface area (Å²) in [5.41, 5.74) is 1.41. The van der Waals surface area contributed by atoms with E-state index in [2.05, 4.69) is 4.98 Å². The van der Waals surface area contributed by atoms with Crippen molar-refractivity contribution in [2.24, 2.45) is 0 Å². The lowest BCUT2D eigenvalue weighted by molar-refractivity contribution is 0.0526. The average molecular weight is 330 g/mol. The maximum Gasteiger partial charge on any atom is 0.338 e. The maximum atomic E-state index is 12.7. The fourth-order valence-corrected chi connectivity index (χ4v) is 3.51. The highest BCUT2D eigenvalue weighted by atomic mass is 32.2. The largest absolute Gasteiger partial charge is 0.462 e. The number of imidazole rings is 1. The van der Waals surface area contributed by atoms with Crippen molar-refractivity contribution in [1.29, 1.82) is 0 Å². The van der Waals surface area contributed by atoms with Gasteiger partial charge in [0, 0.05) is 0 Å². The minimum Gasteiger partial charge on any atom is -0.462 e. The summed E-state index contributed by atoms with van der Waals surface area (Å²) in [4.78, 5) is 15.8. The fourth-order valence-electron chi connectivity index (χ4n) is 2.22. The summed E-state index contributed by atoms with van der Waals surface area (Å²) in [6.07, 6.45) is 1.28. The van der Waals surface area contributed by atoms with Crippen LogP contribution >= 0.6 is 0 Å². The number of carbonyl (C=O) groups excluding carboxylic acids is 1. The molecule has 3 aromatic rings. The van der Waals surface area contributed by atoms with Crippen LogP contribution in [0.5, 0.6) is 0 Å². The van der Waals surface area contributed by atoms with Crippen molar-refractivity contribution in [2.45, 2.75) is 11.8 Å². The number of para-hydroxylation sites is 2. The van der Waals surface area contributed by atoms with Crippen LogP contribution in [0.25, 0.3) is 11.0 Å². The van der Waals surface area contributed by atoms with Gasteiger partial charge in [-0.05, 0) is 43.3 Å². The summed E-state index contributed by atoms with van der Waals surface area (Å²) in [6, 6.07) is 12.6. The zero-order valence-electron chi connectivity index (χ0n) is 12.3. The van der Waals surface area contributed by atoms with Crippen LogP contribution in [0.3, 0.4) is 0 Å². The molecule has 0 aliphatic heterocycles. The molecule has 0 amide bonds. The summed E-state index contributed by atoms with van der Waals surface area (Å²) >= 11 is 0. The Kier molecular flexibility index (Phi) is 3.87. The molecule has 0 bridgehead atoms. The van der Waals surface area contributed by atoms with E-state index in [9.17, 15) is 13.2 Å². The predicted molar refractivity (Wildman–Crippen MR) is 84.7 cm³/mol. The van der Waals surface area contributed by atoms with Crippen molar-refractivity contribution in [3.8, 4) is 0 Å². The number of nitrogens with zero attached hydrogens (tertiary/aromatic N) is 2. The Bertz CT molecular complexity index is 959. The van der Waals surface area contributed by atoms with Crippen LogP contribution in [0, 0.1) is 0 Å². The van der Waals surface area contributed by atoms with E-state index in [1.165, 1.54) is 30.6 Å². The molecule has 2 aromatic carbocycles. The van der Waals surface area contributed by atoms with Crippen LogP contribution < -0.4 is 0 Å². The summed E-state index contributed by atoms with van der Waals surface area (Å²) in [6.45, 7) is 1.97. The second-order valence-electron chi connectivity index (χ2n) is 4.78. The SMILES string of the molecule is CCOC(=O)c1ccc(S(=O)(=O)n2cnc3ccccc32)cc1. The van der Waals surface area contributed by atoms with Crippen LogP contribution in [-0.2, 0) is 14.8 Å². The molecule has 0 aliphatic carbocycles. The molecule has 118 valence electrons. The van der Waals surface area contributed by atoms with Crippen molar-refractivity contribution in [3.05, 3.63) is 60.4 Å². The van der Waals surface area contributed by atoms with Crippen LogP contribution in [0.15, 0.2) is 59.8 Å². The quantitative estimate of drug-likeness (QED) is 0.687. The lowest BCUT2D eigenvalue weighted by Gasteiger charge is -2.07. The highest BCUT2D eigenvalue weighted by Gasteiger charge is 2.20. The first-order valence-corrected chi connectivity index (χ1v) is 8.43. The number of benzene rings is 2. The van der Waals surface area contributed by atoms with Gasteiger partial charge in [0.1, 0.15) is 6.33 Å². The Balaban J connectivity index is 2.01. The smallest absolute Gasteiger partial charge is 0.338 e. The van der Waals surface area contributed by atoms with E-state index in [1.54, 1.807) is 31.2 Å². The topological polar surface area (TPSA) is 78.3 Å². The summed E-state index contributed by atoms with van der Waals surface area (Å²) in [5.74, 6) is -0.482. The minimum absolute atomic E-state index is 0.0775. The Hall–Kier alpha value is -2.67. The Morgan fingerprint density at radius 3 is 2.52 bits per heavy atom. The third kappa shape index (κ3) is 2.70. The van der Waals surface area contributed by atoms with Crippen molar-refractivity contribution in [2.75, 3.05) is 6.61 Å². The molecule has 0 radical (unpaired) electrons. The molecule has 0 aliphatic rings. The summed E-state index contributed by atoms with van der Waals surface area (Å²) < 4.78 is 31.5. The van der Waals surface area contributed by atoms with Gasteiger partial charge >= 0.3 is 5.97 Å². The van der Waals surface area contributed by atoms with Crippen LogP contribution in [0.2, 0.25) is 0 Å². The van der Waals surface area contributed by atoms with Gasteiger partial charge in [-0.15, -0.1) is 0 Å². The number of aromatic nitrogens is 2. The lowest BCUT2D eigenvalue weighted by atomic mass is 10.2. The molecule has 0 saturated carbocycles. The van der Waals surface area contributed by atoms with E-state index in [1.807, 2.05) is 0 Å². The van der Waals surface area contributed by atoms with Gasteiger partial charge in [-0.2, -0.15) is 0 Å². The molecule has 0 unspecified atom stereocenters. The summed E-state index contributed by atoms with van der Waals surface area (Å²) in [7, 11) is -3.77. The van der Waals surface area contributed by atoms with E-state index in [4.69, 9.17) is 4.74 Å². The number of fused-ring (bicyclic) bond motifs is 1. The number of hydrogen-bond donors (Lipinski definition) is 0. The minimum atomic E-state index is -3.77. The lowest BCUT2D eigenvalue weighted by Crippen LogP contribution is -2.12. The normalized spacial score (nSPS) is 11.5. The monoisotopic (exact) mass is 330 g/mol. The molecule has 0 fully saturated rings. The molecule has 0 saturated heterocycles. The molecule has 1 heterocycles. The molecule has 0 spiro atoms. The molecule has 3 rings (SSSR count). The van der Waals surface area contributed by atoms with E-state index in [0.717, 1.165) is 3.97 Å². The molecular weight excluding hydrogens is 316 g/mol. The number of rotatable bonds is 4. The second-order valence-corrected chi connectivity index (χ2v) is 6.59. The fraction of sp³-hybridized carbons (Fsp3) is 0.125. The number of carbonyl (C=O) groups is 1. The predicted octanol–water partition coefficient (Wildman–Crippen LogP) is 2.45. The van der Waals surface area contributed by atoms with Gasteiger partial charge in [-0.1, -0.05) is 12.1 Å². The van der Waals surface area contributed by atoms with E-state index >= 15 is 0 Å². The second kappa shape index (κ2) is 5.85. The first-order chi connectivity index (χ1) is 11.0. The van der Waals surface area contributed by atoms with Crippen molar-refractivity contribution < 1.29 is 17.9 Å². The van der Waals surface area contributed by atoms with Gasteiger partial charge in [0.15, 0.2) is 0 Å². The Labute approximate surface area is 133 Å². The number of esters is 1. The highest BCUT2D eigenvalue weighted by molar-refractivity contribution is 7.90. The molecule has 23 heavy (non-hydrogen) atoms. The Morgan fingerprint density at radius 1 is 1.13 bits per heavy atom. The number of hydrogen-bond acceptors (Lipinski definition) is 5. The van der Waals surface area contributed by atoms with Gasteiger partial charge in [-0.25, -0.2) is 22.2 Å².